The van der Waals surface area contributed by atoms with E-state index in [2.05, 4.69) is 0 Å². The summed E-state index contributed by atoms with van der Waals surface area (Å²) in [5.41, 5.74) is -1.12. The van der Waals surface area contributed by atoms with Gasteiger partial charge in [-0.05, 0) is 31.0 Å². The fourth-order valence-corrected chi connectivity index (χ4v) is 3.35. The summed E-state index contributed by atoms with van der Waals surface area (Å²) < 4.78 is 13.4. The van der Waals surface area contributed by atoms with Crippen molar-refractivity contribution >= 4 is 23.5 Å². The highest BCUT2D eigenvalue weighted by Gasteiger charge is 2.53. The molecule has 0 bridgehead atoms. The Labute approximate surface area is 120 Å². The summed E-state index contributed by atoms with van der Waals surface area (Å²) in [5, 5.41) is 9.17. The van der Waals surface area contributed by atoms with Crippen molar-refractivity contribution in [2.24, 2.45) is 5.41 Å². The molecule has 1 saturated heterocycles. The standard InChI is InChI=1S/C15H14FNO4/c16-9-3-4-10(13(19)20)11(7-9)17-12(18)8-15(14(17)21)5-1-2-6-15/h3-4,7H,1-2,5-6,8H2,(H,19,20). The van der Waals surface area contributed by atoms with Crippen LogP contribution in [0.2, 0.25) is 0 Å². The lowest BCUT2D eigenvalue weighted by Gasteiger charge is -2.21. The first-order valence-corrected chi connectivity index (χ1v) is 6.85. The zero-order valence-electron chi connectivity index (χ0n) is 11.3. The summed E-state index contributed by atoms with van der Waals surface area (Å²) in [6.45, 7) is 0. The van der Waals surface area contributed by atoms with Gasteiger partial charge in [-0.25, -0.2) is 14.1 Å². The van der Waals surface area contributed by atoms with E-state index in [0.717, 1.165) is 35.9 Å². The van der Waals surface area contributed by atoms with Crippen LogP contribution in [-0.4, -0.2) is 22.9 Å². The first-order chi connectivity index (χ1) is 9.94. The molecule has 0 radical (unpaired) electrons. The van der Waals surface area contributed by atoms with Crippen LogP contribution in [0.15, 0.2) is 18.2 Å². The Bertz CT molecular complexity index is 649. The number of anilines is 1. The van der Waals surface area contributed by atoms with Crippen molar-refractivity contribution < 1.29 is 23.9 Å². The number of halogens is 1. The SMILES string of the molecule is O=C(O)c1ccc(F)cc1N1C(=O)CC2(CCCC2)C1=O. The van der Waals surface area contributed by atoms with E-state index in [4.69, 9.17) is 0 Å². The second-order valence-corrected chi connectivity index (χ2v) is 5.67. The van der Waals surface area contributed by atoms with Gasteiger partial charge >= 0.3 is 5.97 Å². The molecule has 1 spiro atoms. The minimum atomic E-state index is -1.29. The fraction of sp³-hybridized carbons (Fsp3) is 0.400. The van der Waals surface area contributed by atoms with Gasteiger partial charge in [0, 0.05) is 6.42 Å². The number of hydrogen-bond donors (Lipinski definition) is 1. The second kappa shape index (κ2) is 4.65. The highest BCUT2D eigenvalue weighted by molar-refractivity contribution is 6.24. The predicted octanol–water partition coefficient (Wildman–Crippen LogP) is 2.35. The molecule has 1 aromatic carbocycles. The van der Waals surface area contributed by atoms with Gasteiger partial charge < -0.3 is 5.11 Å². The van der Waals surface area contributed by atoms with Gasteiger partial charge in [0.1, 0.15) is 5.82 Å². The van der Waals surface area contributed by atoms with Crippen LogP contribution < -0.4 is 4.90 Å². The summed E-state index contributed by atoms with van der Waals surface area (Å²) in [5.74, 6) is -2.81. The molecular formula is C15H14FNO4. The Morgan fingerprint density at radius 1 is 1.24 bits per heavy atom. The zero-order chi connectivity index (χ0) is 15.2. The number of nitrogens with zero attached hydrogens (tertiary/aromatic N) is 1. The normalized spacial score (nSPS) is 20.5. The van der Waals surface area contributed by atoms with E-state index < -0.39 is 29.0 Å². The molecule has 1 aliphatic heterocycles. The summed E-state index contributed by atoms with van der Waals surface area (Å²) >= 11 is 0. The molecule has 0 aromatic heterocycles. The van der Waals surface area contributed by atoms with E-state index in [1.165, 1.54) is 0 Å². The van der Waals surface area contributed by atoms with Crippen LogP contribution in [0.1, 0.15) is 42.5 Å². The molecule has 5 nitrogen and oxygen atoms in total. The van der Waals surface area contributed by atoms with E-state index in [9.17, 15) is 23.9 Å². The van der Waals surface area contributed by atoms with Crippen LogP contribution in [0, 0.1) is 11.2 Å². The van der Waals surface area contributed by atoms with Gasteiger partial charge in [0.05, 0.1) is 16.7 Å². The molecule has 6 heteroatoms. The van der Waals surface area contributed by atoms with Crippen molar-refractivity contribution in [3.8, 4) is 0 Å². The van der Waals surface area contributed by atoms with Gasteiger partial charge in [-0.1, -0.05) is 12.8 Å². The van der Waals surface area contributed by atoms with Crippen LogP contribution in [0.5, 0.6) is 0 Å². The van der Waals surface area contributed by atoms with Crippen molar-refractivity contribution in [3.05, 3.63) is 29.6 Å². The number of carboxylic acid groups (broad SMARTS) is 1. The molecule has 1 aliphatic carbocycles. The largest absolute Gasteiger partial charge is 0.478 e. The molecule has 0 atom stereocenters. The third-order valence-electron chi connectivity index (χ3n) is 4.39. The average Bonchev–Trinajstić information content (AvgIpc) is 2.96. The minimum Gasteiger partial charge on any atom is -0.478 e. The van der Waals surface area contributed by atoms with Gasteiger partial charge in [-0.2, -0.15) is 0 Å². The number of carbonyl (C=O) groups is 3. The average molecular weight is 291 g/mol. The maximum absolute atomic E-state index is 13.4. The van der Waals surface area contributed by atoms with E-state index in [1.807, 2.05) is 0 Å². The Balaban J connectivity index is 2.08. The van der Waals surface area contributed by atoms with Gasteiger partial charge in [0.2, 0.25) is 11.8 Å². The minimum absolute atomic E-state index is 0.0847. The fourth-order valence-electron chi connectivity index (χ4n) is 3.35. The molecule has 3 rings (SSSR count). The monoisotopic (exact) mass is 291 g/mol. The van der Waals surface area contributed by atoms with Gasteiger partial charge in [0.15, 0.2) is 0 Å². The van der Waals surface area contributed by atoms with Crippen molar-refractivity contribution in [3.63, 3.8) is 0 Å². The lowest BCUT2D eigenvalue weighted by atomic mass is 9.84. The molecule has 1 N–H and O–H groups in total. The van der Waals surface area contributed by atoms with Crippen molar-refractivity contribution in [2.75, 3.05) is 4.90 Å². The van der Waals surface area contributed by atoms with Crippen molar-refractivity contribution in [2.45, 2.75) is 32.1 Å². The predicted molar refractivity (Wildman–Crippen MR) is 71.4 cm³/mol. The number of hydrogen-bond acceptors (Lipinski definition) is 3. The number of amides is 2. The maximum Gasteiger partial charge on any atom is 0.337 e. The molecule has 1 saturated carbocycles. The first-order valence-electron chi connectivity index (χ1n) is 6.85. The summed E-state index contributed by atoms with van der Waals surface area (Å²) in [4.78, 5) is 36.9. The third kappa shape index (κ3) is 2.02. The molecule has 21 heavy (non-hydrogen) atoms. The number of rotatable bonds is 2. The molecule has 1 aromatic rings. The number of benzene rings is 1. The van der Waals surface area contributed by atoms with Gasteiger partial charge in [-0.3, -0.25) is 9.59 Å². The lowest BCUT2D eigenvalue weighted by molar-refractivity contribution is -0.125. The lowest BCUT2D eigenvalue weighted by Crippen LogP contribution is -2.35. The smallest absolute Gasteiger partial charge is 0.337 e. The Kier molecular flexibility index (Phi) is 3.04. The van der Waals surface area contributed by atoms with E-state index in [0.29, 0.717) is 12.8 Å². The summed E-state index contributed by atoms with van der Waals surface area (Å²) in [6, 6.07) is 3.02. The molecule has 2 fully saturated rings. The van der Waals surface area contributed by atoms with Crippen LogP contribution >= 0.6 is 0 Å². The molecule has 2 amide bonds. The van der Waals surface area contributed by atoms with Crippen LogP contribution in [-0.2, 0) is 9.59 Å². The molecule has 1 heterocycles. The molecule has 0 unspecified atom stereocenters. The number of carboxylic acids is 1. The molecular weight excluding hydrogens is 277 g/mol. The zero-order valence-corrected chi connectivity index (χ0v) is 11.3. The number of carbonyl (C=O) groups excluding carboxylic acids is 2. The Morgan fingerprint density at radius 3 is 2.52 bits per heavy atom. The summed E-state index contributed by atoms with van der Waals surface area (Å²) in [6.07, 6.45) is 3.10. The van der Waals surface area contributed by atoms with Gasteiger partial charge in [0.25, 0.3) is 0 Å². The highest BCUT2D eigenvalue weighted by Crippen LogP contribution is 2.48. The topological polar surface area (TPSA) is 74.7 Å². The Morgan fingerprint density at radius 2 is 1.90 bits per heavy atom. The van der Waals surface area contributed by atoms with Crippen molar-refractivity contribution in [1.82, 2.24) is 0 Å². The van der Waals surface area contributed by atoms with Crippen LogP contribution in [0.4, 0.5) is 10.1 Å². The number of imide groups is 1. The maximum atomic E-state index is 13.4. The quantitative estimate of drug-likeness (QED) is 0.849. The third-order valence-corrected chi connectivity index (χ3v) is 4.39. The Hall–Kier alpha value is -2.24. The summed E-state index contributed by atoms with van der Waals surface area (Å²) in [7, 11) is 0. The van der Waals surface area contributed by atoms with Crippen LogP contribution in [0.3, 0.4) is 0 Å². The second-order valence-electron chi connectivity index (χ2n) is 5.67. The van der Waals surface area contributed by atoms with Crippen LogP contribution in [0.25, 0.3) is 0 Å². The highest BCUT2D eigenvalue weighted by atomic mass is 19.1. The van der Waals surface area contributed by atoms with E-state index >= 15 is 0 Å². The van der Waals surface area contributed by atoms with E-state index in [1.54, 1.807) is 0 Å². The van der Waals surface area contributed by atoms with Gasteiger partial charge in [-0.15, -0.1) is 0 Å². The molecule has 2 aliphatic rings. The first kappa shape index (κ1) is 13.7. The molecule has 110 valence electrons. The van der Waals surface area contributed by atoms with Crippen molar-refractivity contribution in [1.29, 1.82) is 0 Å². The number of aromatic carboxylic acids is 1. The van der Waals surface area contributed by atoms with E-state index in [-0.39, 0.29) is 17.7 Å².